The van der Waals surface area contributed by atoms with Crippen LogP contribution in [0.1, 0.15) is 21.7 Å². The second kappa shape index (κ2) is 7.67. The standard InChI is InChI=1S/C20H19F3N2O4S/c1-25(2)16-9-8-12(20(21,22)23)10-15(16)24-19(26)18-14(11-30(3,27)28)13-6-4-5-7-17(13)29-18/h4-10H,11H2,1-3H3,(H,24,26). The third-order valence-corrected chi connectivity index (χ3v) is 5.18. The maximum atomic E-state index is 13.1. The van der Waals surface area contributed by atoms with Gasteiger partial charge in [-0.3, -0.25) is 4.79 Å². The Morgan fingerprint density at radius 2 is 1.80 bits per heavy atom. The number of hydrogen-bond donors (Lipinski definition) is 1. The van der Waals surface area contributed by atoms with Crippen molar-refractivity contribution in [1.29, 1.82) is 0 Å². The number of para-hydroxylation sites is 1. The first-order valence-electron chi connectivity index (χ1n) is 8.75. The highest BCUT2D eigenvalue weighted by Crippen LogP contribution is 2.36. The SMILES string of the molecule is CN(C)c1ccc(C(F)(F)F)cc1NC(=O)c1oc2ccccc2c1CS(C)(=O)=O. The van der Waals surface area contributed by atoms with Crippen LogP contribution < -0.4 is 10.2 Å². The topological polar surface area (TPSA) is 79.6 Å². The molecule has 0 saturated carbocycles. The lowest BCUT2D eigenvalue weighted by Crippen LogP contribution is -2.19. The Hall–Kier alpha value is -3.01. The molecule has 30 heavy (non-hydrogen) atoms. The van der Waals surface area contributed by atoms with E-state index in [0.717, 1.165) is 18.4 Å². The Bertz CT molecular complexity index is 1210. The molecule has 0 fully saturated rings. The summed E-state index contributed by atoms with van der Waals surface area (Å²) in [6.45, 7) is 0. The fourth-order valence-corrected chi connectivity index (χ4v) is 3.88. The lowest BCUT2D eigenvalue weighted by molar-refractivity contribution is -0.137. The number of nitrogens with one attached hydrogen (secondary N) is 1. The minimum absolute atomic E-state index is 0.0782. The van der Waals surface area contributed by atoms with E-state index in [9.17, 15) is 26.4 Å². The highest BCUT2D eigenvalue weighted by molar-refractivity contribution is 7.89. The molecule has 3 rings (SSSR count). The van der Waals surface area contributed by atoms with Crippen LogP contribution >= 0.6 is 0 Å². The molecule has 1 amide bonds. The fraction of sp³-hybridized carbons (Fsp3) is 0.250. The van der Waals surface area contributed by atoms with Crippen LogP contribution in [0.2, 0.25) is 0 Å². The molecule has 1 aromatic heterocycles. The average molecular weight is 440 g/mol. The van der Waals surface area contributed by atoms with Gasteiger partial charge in [0.15, 0.2) is 15.6 Å². The van der Waals surface area contributed by atoms with Gasteiger partial charge in [-0.05, 0) is 24.3 Å². The Labute approximate surface area is 171 Å². The van der Waals surface area contributed by atoms with Gasteiger partial charge in [-0.15, -0.1) is 0 Å². The first-order valence-corrected chi connectivity index (χ1v) is 10.8. The maximum absolute atomic E-state index is 13.1. The number of carbonyl (C=O) groups is 1. The first-order chi connectivity index (χ1) is 13.9. The van der Waals surface area contributed by atoms with Crippen LogP contribution in [-0.4, -0.2) is 34.7 Å². The number of amides is 1. The number of benzene rings is 2. The lowest BCUT2D eigenvalue weighted by atomic mass is 10.1. The Morgan fingerprint density at radius 3 is 2.40 bits per heavy atom. The van der Waals surface area contributed by atoms with Gasteiger partial charge < -0.3 is 14.6 Å². The Kier molecular flexibility index (Phi) is 5.55. The molecule has 0 spiro atoms. The van der Waals surface area contributed by atoms with Crippen molar-refractivity contribution in [2.75, 3.05) is 30.6 Å². The molecule has 10 heteroatoms. The molecule has 0 aliphatic heterocycles. The van der Waals surface area contributed by atoms with Crippen LogP contribution in [0.25, 0.3) is 11.0 Å². The number of furan rings is 1. The fourth-order valence-electron chi connectivity index (χ4n) is 3.07. The zero-order valence-electron chi connectivity index (χ0n) is 16.4. The van der Waals surface area contributed by atoms with Crippen molar-refractivity contribution in [2.24, 2.45) is 0 Å². The second-order valence-corrected chi connectivity index (χ2v) is 9.19. The van der Waals surface area contributed by atoms with Gasteiger partial charge in [-0.1, -0.05) is 18.2 Å². The highest BCUT2D eigenvalue weighted by atomic mass is 32.2. The van der Waals surface area contributed by atoms with Crippen LogP contribution in [0.5, 0.6) is 0 Å². The van der Waals surface area contributed by atoms with E-state index in [2.05, 4.69) is 5.32 Å². The molecule has 160 valence electrons. The zero-order valence-corrected chi connectivity index (χ0v) is 17.2. The van der Waals surface area contributed by atoms with Gasteiger partial charge in [0.1, 0.15) is 5.58 Å². The molecule has 0 bridgehead atoms. The number of halogens is 3. The van der Waals surface area contributed by atoms with E-state index in [1.54, 1.807) is 43.3 Å². The summed E-state index contributed by atoms with van der Waals surface area (Å²) >= 11 is 0. The van der Waals surface area contributed by atoms with Crippen LogP contribution in [0.15, 0.2) is 46.9 Å². The van der Waals surface area contributed by atoms with Crippen molar-refractivity contribution < 1.29 is 30.8 Å². The monoisotopic (exact) mass is 440 g/mol. The van der Waals surface area contributed by atoms with E-state index in [1.807, 2.05) is 0 Å². The summed E-state index contributed by atoms with van der Waals surface area (Å²) in [5.74, 6) is -1.55. The number of sulfone groups is 1. The molecular formula is C20H19F3N2O4S. The average Bonchev–Trinajstić information content (AvgIpc) is 2.98. The van der Waals surface area contributed by atoms with Crippen molar-refractivity contribution in [2.45, 2.75) is 11.9 Å². The smallest absolute Gasteiger partial charge is 0.416 e. The van der Waals surface area contributed by atoms with Gasteiger partial charge >= 0.3 is 6.18 Å². The molecule has 6 nitrogen and oxygen atoms in total. The first kappa shape index (κ1) is 21.7. The third kappa shape index (κ3) is 4.59. The summed E-state index contributed by atoms with van der Waals surface area (Å²) in [4.78, 5) is 14.5. The van der Waals surface area contributed by atoms with Gasteiger partial charge in [0.25, 0.3) is 5.91 Å². The molecule has 3 aromatic rings. The van der Waals surface area contributed by atoms with Crippen molar-refractivity contribution in [3.63, 3.8) is 0 Å². The predicted octanol–water partition coefficient (Wildman–Crippen LogP) is 4.31. The van der Waals surface area contributed by atoms with Gasteiger partial charge in [0.2, 0.25) is 0 Å². The third-order valence-electron chi connectivity index (χ3n) is 4.36. The van der Waals surface area contributed by atoms with Crippen LogP contribution in [0.4, 0.5) is 24.5 Å². The summed E-state index contributed by atoms with van der Waals surface area (Å²) < 4.78 is 68.7. The summed E-state index contributed by atoms with van der Waals surface area (Å²) in [7, 11) is -0.273. The number of carbonyl (C=O) groups excluding carboxylic acids is 1. The molecule has 0 atom stereocenters. The van der Waals surface area contributed by atoms with Crippen molar-refractivity contribution in [1.82, 2.24) is 0 Å². The summed E-state index contributed by atoms with van der Waals surface area (Å²) in [6, 6.07) is 9.51. The Balaban J connectivity index is 2.08. The zero-order chi connectivity index (χ0) is 22.3. The van der Waals surface area contributed by atoms with Gasteiger partial charge in [0, 0.05) is 31.3 Å². The van der Waals surface area contributed by atoms with Crippen molar-refractivity contribution >= 4 is 38.1 Å². The van der Waals surface area contributed by atoms with E-state index < -0.39 is 33.2 Å². The minimum atomic E-state index is -4.59. The molecule has 0 radical (unpaired) electrons. The molecule has 0 unspecified atom stereocenters. The van der Waals surface area contributed by atoms with Crippen molar-refractivity contribution in [3.8, 4) is 0 Å². The maximum Gasteiger partial charge on any atom is 0.416 e. The lowest BCUT2D eigenvalue weighted by Gasteiger charge is -2.19. The molecular weight excluding hydrogens is 421 g/mol. The van der Waals surface area contributed by atoms with Crippen LogP contribution in [0.3, 0.4) is 0 Å². The number of nitrogens with zero attached hydrogens (tertiary/aromatic N) is 1. The summed E-state index contributed by atoms with van der Waals surface area (Å²) in [5, 5.41) is 2.89. The van der Waals surface area contributed by atoms with Gasteiger partial charge in [0.05, 0.1) is 22.7 Å². The largest absolute Gasteiger partial charge is 0.451 e. The van der Waals surface area contributed by atoms with Crippen LogP contribution in [-0.2, 0) is 21.8 Å². The number of alkyl halides is 3. The quantitative estimate of drug-likeness (QED) is 0.640. The van der Waals surface area contributed by atoms with E-state index in [-0.39, 0.29) is 17.0 Å². The van der Waals surface area contributed by atoms with E-state index in [4.69, 9.17) is 4.42 Å². The normalized spacial score (nSPS) is 12.2. The Morgan fingerprint density at radius 1 is 1.13 bits per heavy atom. The number of hydrogen-bond acceptors (Lipinski definition) is 5. The number of anilines is 2. The molecule has 0 aliphatic rings. The number of fused-ring (bicyclic) bond motifs is 1. The van der Waals surface area contributed by atoms with Crippen molar-refractivity contribution in [3.05, 3.63) is 59.4 Å². The molecule has 1 heterocycles. The van der Waals surface area contributed by atoms with Gasteiger partial charge in [-0.25, -0.2) is 8.42 Å². The molecule has 0 saturated heterocycles. The van der Waals surface area contributed by atoms with E-state index in [0.29, 0.717) is 16.7 Å². The predicted molar refractivity (Wildman–Crippen MR) is 108 cm³/mol. The van der Waals surface area contributed by atoms with Crippen LogP contribution in [0, 0.1) is 0 Å². The summed E-state index contributed by atoms with van der Waals surface area (Å²) in [6.07, 6.45) is -3.57. The minimum Gasteiger partial charge on any atom is -0.451 e. The molecule has 1 N–H and O–H groups in total. The van der Waals surface area contributed by atoms with E-state index in [1.165, 1.54) is 6.07 Å². The van der Waals surface area contributed by atoms with Gasteiger partial charge in [-0.2, -0.15) is 13.2 Å². The summed E-state index contributed by atoms with van der Waals surface area (Å²) in [5.41, 5.74) is -0.200. The highest BCUT2D eigenvalue weighted by Gasteiger charge is 2.32. The number of rotatable bonds is 5. The van der Waals surface area contributed by atoms with E-state index >= 15 is 0 Å². The molecule has 2 aromatic carbocycles. The second-order valence-electron chi connectivity index (χ2n) is 7.05. The molecule has 0 aliphatic carbocycles.